The summed E-state index contributed by atoms with van der Waals surface area (Å²) in [5, 5.41) is -5.18. The maximum Gasteiger partial charge on any atom is 0.465 e. The van der Waals surface area contributed by atoms with Crippen LogP contribution in [0.25, 0.3) is 0 Å². The van der Waals surface area contributed by atoms with Crippen molar-refractivity contribution in [2.45, 2.75) is 81.4 Å². The second kappa shape index (κ2) is 7.85. The van der Waals surface area contributed by atoms with Gasteiger partial charge in [-0.3, -0.25) is 14.1 Å². The molecule has 6 aliphatic rings. The largest absolute Gasteiger partial charge is 0.465 e. The van der Waals surface area contributed by atoms with Gasteiger partial charge in [0.2, 0.25) is 0 Å². The Morgan fingerprint density at radius 2 is 1.86 bits per heavy atom. The van der Waals surface area contributed by atoms with Gasteiger partial charge in [0.1, 0.15) is 17.8 Å². The fraction of sp³-hybridized carbons (Fsp3) is 0.875. The van der Waals surface area contributed by atoms with Gasteiger partial charge in [-0.2, -0.15) is 17.2 Å². The monoisotopic (exact) mass is 532 g/mol. The second-order valence-corrected chi connectivity index (χ2v) is 13.1. The molecule has 0 spiro atoms. The number of rotatable bonds is 6. The Balaban J connectivity index is 1.27. The number of halogens is 2. The molecule has 0 radical (unpaired) electrons. The van der Waals surface area contributed by atoms with Crippen molar-refractivity contribution in [3.05, 3.63) is 0 Å². The van der Waals surface area contributed by atoms with Gasteiger partial charge in [-0.15, -0.1) is 0 Å². The number of alkyl halides is 2. The minimum atomic E-state index is -6.06. The van der Waals surface area contributed by atoms with Crippen LogP contribution in [0.3, 0.4) is 0 Å². The number of carbonyl (C=O) groups excluding carboxylic acids is 3. The summed E-state index contributed by atoms with van der Waals surface area (Å²) in [4.78, 5) is 38.5. The molecule has 1 N–H and O–H groups in total. The molecule has 6 fully saturated rings. The summed E-state index contributed by atoms with van der Waals surface area (Å²) < 4.78 is 75.1. The molecule has 6 rings (SSSR count). The van der Waals surface area contributed by atoms with Crippen LogP contribution in [-0.4, -0.2) is 53.9 Å². The minimum absolute atomic E-state index is 0.229. The fourth-order valence-electron chi connectivity index (χ4n) is 8.96. The topological polar surface area (TPSA) is 133 Å². The molecule has 200 valence electrons. The van der Waals surface area contributed by atoms with Crippen molar-refractivity contribution in [1.82, 2.24) is 0 Å². The molecule has 12 heteroatoms. The zero-order chi connectivity index (χ0) is 25.8. The van der Waals surface area contributed by atoms with Crippen LogP contribution < -0.4 is 0 Å². The van der Waals surface area contributed by atoms with Crippen molar-refractivity contribution < 1.29 is 50.3 Å². The number of fused-ring (bicyclic) bond motifs is 3. The van der Waals surface area contributed by atoms with Crippen molar-refractivity contribution >= 4 is 28.0 Å². The van der Waals surface area contributed by atoms with Crippen LogP contribution in [0.1, 0.15) is 58.3 Å². The van der Waals surface area contributed by atoms with E-state index in [9.17, 15) is 31.6 Å². The first-order valence-corrected chi connectivity index (χ1v) is 14.3. The highest BCUT2D eigenvalue weighted by Gasteiger charge is 2.72. The smallest absolute Gasteiger partial charge is 0.458 e. The molecule has 11 atom stereocenters. The number of carbonyl (C=O) groups is 3. The van der Waals surface area contributed by atoms with Crippen LogP contribution in [0, 0.1) is 47.3 Å². The zero-order valence-corrected chi connectivity index (χ0v) is 20.6. The molecular formula is C24H30F2O9S. The summed E-state index contributed by atoms with van der Waals surface area (Å²) in [7, 11) is -6.06. The van der Waals surface area contributed by atoms with Crippen LogP contribution in [0.4, 0.5) is 8.78 Å². The summed E-state index contributed by atoms with van der Waals surface area (Å²) in [5.41, 5.74) is -0.634. The SMILES string of the molecule is CCC1(OC(=O)C2C3CC4C(OC(=O)C42)C3OC(=O)C(F)(F)S(=O)(=O)O)C2CCC3CCC(C2)CC31. The van der Waals surface area contributed by atoms with Gasteiger partial charge in [-0.25, -0.2) is 4.79 Å². The number of hydrogen-bond acceptors (Lipinski definition) is 8. The lowest BCUT2D eigenvalue weighted by atomic mass is 9.50. The van der Waals surface area contributed by atoms with Crippen molar-refractivity contribution in [3.63, 3.8) is 0 Å². The van der Waals surface area contributed by atoms with E-state index in [1.54, 1.807) is 0 Å². The predicted octanol–water partition coefficient (Wildman–Crippen LogP) is 2.72. The van der Waals surface area contributed by atoms with Gasteiger partial charge in [-0.1, -0.05) is 13.3 Å². The highest BCUT2D eigenvalue weighted by Crippen LogP contribution is 2.62. The Labute approximate surface area is 207 Å². The Kier molecular flexibility index (Phi) is 5.34. The molecule has 0 aromatic heterocycles. The van der Waals surface area contributed by atoms with Gasteiger partial charge in [-0.05, 0) is 62.7 Å². The zero-order valence-electron chi connectivity index (χ0n) is 19.8. The van der Waals surface area contributed by atoms with Crippen molar-refractivity contribution in [2.24, 2.45) is 47.3 Å². The highest BCUT2D eigenvalue weighted by molar-refractivity contribution is 7.87. The minimum Gasteiger partial charge on any atom is -0.458 e. The molecule has 0 amide bonds. The lowest BCUT2D eigenvalue weighted by Crippen LogP contribution is -2.60. The molecule has 36 heavy (non-hydrogen) atoms. The van der Waals surface area contributed by atoms with Gasteiger partial charge in [0.15, 0.2) is 0 Å². The molecule has 5 bridgehead atoms. The van der Waals surface area contributed by atoms with E-state index in [2.05, 4.69) is 0 Å². The molecule has 1 heterocycles. The van der Waals surface area contributed by atoms with Gasteiger partial charge in [0.25, 0.3) is 0 Å². The Morgan fingerprint density at radius 1 is 1.14 bits per heavy atom. The van der Waals surface area contributed by atoms with Crippen molar-refractivity contribution in [3.8, 4) is 0 Å². The van der Waals surface area contributed by atoms with Crippen molar-refractivity contribution in [2.75, 3.05) is 0 Å². The number of hydrogen-bond donors (Lipinski definition) is 1. The molecule has 11 unspecified atom stereocenters. The van der Waals surface area contributed by atoms with Crippen LogP contribution in [0.15, 0.2) is 0 Å². The quantitative estimate of drug-likeness (QED) is 0.311. The normalized spacial score (nSPS) is 46.5. The van der Waals surface area contributed by atoms with Gasteiger partial charge in [0, 0.05) is 17.8 Å². The van der Waals surface area contributed by atoms with Gasteiger partial charge < -0.3 is 14.2 Å². The first kappa shape index (κ1) is 24.5. The predicted molar refractivity (Wildman–Crippen MR) is 116 cm³/mol. The van der Waals surface area contributed by atoms with E-state index < -0.39 is 74.8 Å². The Hall–Kier alpha value is -1.82. The first-order chi connectivity index (χ1) is 16.9. The van der Waals surface area contributed by atoms with Gasteiger partial charge in [0.05, 0.1) is 11.8 Å². The second-order valence-electron chi connectivity index (χ2n) is 11.7. The molecule has 1 saturated heterocycles. The summed E-state index contributed by atoms with van der Waals surface area (Å²) in [6.45, 7) is 2.01. The fourth-order valence-corrected chi connectivity index (χ4v) is 9.22. The molecule has 1 aliphatic heterocycles. The third kappa shape index (κ3) is 3.18. The van der Waals surface area contributed by atoms with E-state index in [0.717, 1.165) is 32.1 Å². The van der Waals surface area contributed by atoms with E-state index in [-0.39, 0.29) is 18.3 Å². The summed E-state index contributed by atoms with van der Waals surface area (Å²) >= 11 is 0. The number of esters is 3. The summed E-state index contributed by atoms with van der Waals surface area (Å²) in [6.07, 6.45) is 4.84. The van der Waals surface area contributed by atoms with E-state index in [1.807, 2.05) is 6.92 Å². The molecule has 0 aromatic carbocycles. The standard InChI is InChI=1S/C24H30F2O9S/c1-2-23(12-6-5-11-4-3-10(7-12)8-15(11)23)35-21(28)17-14-9-13-16(17)20(27)33-18(13)19(14)34-22(29)24(25,26)36(30,31)32/h10-19H,2-9H2,1H3,(H,30,31,32). The maximum atomic E-state index is 13.9. The summed E-state index contributed by atoms with van der Waals surface area (Å²) in [6, 6.07) is 0. The molecule has 9 nitrogen and oxygen atoms in total. The average Bonchev–Trinajstić information content (AvgIpc) is 3.41. The van der Waals surface area contributed by atoms with E-state index in [4.69, 9.17) is 18.8 Å². The van der Waals surface area contributed by atoms with Gasteiger partial charge >= 0.3 is 33.3 Å². The third-order valence-corrected chi connectivity index (χ3v) is 11.2. The van der Waals surface area contributed by atoms with E-state index in [1.165, 1.54) is 6.42 Å². The molecular weight excluding hydrogens is 502 g/mol. The Morgan fingerprint density at radius 3 is 2.56 bits per heavy atom. The van der Waals surface area contributed by atoms with Crippen LogP contribution in [0.2, 0.25) is 0 Å². The first-order valence-electron chi connectivity index (χ1n) is 12.9. The van der Waals surface area contributed by atoms with Crippen LogP contribution in [0.5, 0.6) is 0 Å². The summed E-state index contributed by atoms with van der Waals surface area (Å²) in [5.74, 6) is -5.28. The number of ether oxygens (including phenoxy) is 3. The Bertz CT molecular complexity index is 1100. The van der Waals surface area contributed by atoms with Crippen LogP contribution in [-0.2, 0) is 38.7 Å². The lowest BCUT2D eigenvalue weighted by molar-refractivity contribution is -0.218. The highest BCUT2D eigenvalue weighted by atomic mass is 32.2. The molecule has 5 aliphatic carbocycles. The van der Waals surface area contributed by atoms with Crippen LogP contribution >= 0.6 is 0 Å². The van der Waals surface area contributed by atoms with Crippen molar-refractivity contribution in [1.29, 1.82) is 0 Å². The molecule has 5 saturated carbocycles. The van der Waals surface area contributed by atoms with E-state index >= 15 is 0 Å². The van der Waals surface area contributed by atoms with E-state index in [0.29, 0.717) is 18.3 Å². The third-order valence-electron chi connectivity index (χ3n) is 10.4. The average molecular weight is 533 g/mol. The maximum absolute atomic E-state index is 13.9. The lowest BCUT2D eigenvalue weighted by Gasteiger charge is -2.59. The molecule has 0 aromatic rings.